The number of nitrogens with zero attached hydrogens (tertiary/aromatic N) is 4. The summed E-state index contributed by atoms with van der Waals surface area (Å²) in [5.41, 5.74) is 0. The number of carbonyl (C=O) groups is 1. The molecule has 1 atom stereocenters. The molecule has 116 valence electrons. The molecule has 21 heavy (non-hydrogen) atoms. The van der Waals surface area contributed by atoms with E-state index in [2.05, 4.69) is 15.2 Å². The fraction of sp³-hybridized carbons (Fsp3) is 0.733. The van der Waals surface area contributed by atoms with Crippen LogP contribution in [0.2, 0.25) is 0 Å². The minimum absolute atomic E-state index is 0.0824. The van der Waals surface area contributed by atoms with E-state index in [1.165, 1.54) is 32.4 Å². The average molecular weight is 291 g/mol. The maximum atomic E-state index is 12.3. The van der Waals surface area contributed by atoms with Crippen LogP contribution in [0.5, 0.6) is 0 Å². The van der Waals surface area contributed by atoms with Gasteiger partial charge in [0.25, 0.3) is 0 Å². The van der Waals surface area contributed by atoms with E-state index in [-0.39, 0.29) is 6.03 Å². The first kappa shape index (κ1) is 14.4. The molecule has 1 N–H and O–H groups in total. The van der Waals surface area contributed by atoms with Crippen LogP contribution in [-0.4, -0.2) is 64.1 Å². The van der Waals surface area contributed by atoms with Crippen molar-refractivity contribution < 1.29 is 4.79 Å². The molecule has 0 aromatic carbocycles. The molecule has 0 aliphatic carbocycles. The normalized spacial score (nSPS) is 23.4. The first-order valence-corrected chi connectivity index (χ1v) is 8.05. The Bertz CT molecular complexity index is 441. The molecule has 6 nitrogen and oxygen atoms in total. The number of rotatable bonds is 4. The van der Waals surface area contributed by atoms with E-state index in [0.717, 1.165) is 26.1 Å². The van der Waals surface area contributed by atoms with Crippen LogP contribution >= 0.6 is 0 Å². The second-order valence-electron chi connectivity index (χ2n) is 6.02. The molecule has 3 heterocycles. The number of carbonyl (C=O) groups excluding carboxylic acids is 1. The molecule has 0 radical (unpaired) electrons. The molecule has 0 bridgehead atoms. The molecule has 0 unspecified atom stereocenters. The van der Waals surface area contributed by atoms with Crippen LogP contribution in [0, 0.1) is 0 Å². The molecule has 1 aromatic heterocycles. The van der Waals surface area contributed by atoms with Gasteiger partial charge in [-0.2, -0.15) is 0 Å². The van der Waals surface area contributed by atoms with Crippen molar-refractivity contribution in [3.8, 4) is 0 Å². The molecule has 2 amide bonds. The highest BCUT2D eigenvalue weighted by atomic mass is 16.2. The molecular weight excluding hydrogens is 266 g/mol. The predicted octanol–water partition coefficient (Wildman–Crippen LogP) is 1.15. The largest absolute Gasteiger partial charge is 0.336 e. The Hall–Kier alpha value is -1.56. The zero-order chi connectivity index (χ0) is 14.5. The Morgan fingerprint density at radius 3 is 2.86 bits per heavy atom. The van der Waals surface area contributed by atoms with Crippen LogP contribution in [-0.2, 0) is 6.54 Å². The molecule has 2 fully saturated rings. The molecule has 2 aliphatic heterocycles. The summed E-state index contributed by atoms with van der Waals surface area (Å²) in [5, 5.41) is 3.02. The highest BCUT2D eigenvalue weighted by molar-refractivity contribution is 5.74. The van der Waals surface area contributed by atoms with E-state index in [1.54, 1.807) is 12.5 Å². The van der Waals surface area contributed by atoms with Crippen molar-refractivity contribution in [2.45, 2.75) is 38.3 Å². The van der Waals surface area contributed by atoms with E-state index in [0.29, 0.717) is 12.6 Å². The summed E-state index contributed by atoms with van der Waals surface area (Å²) in [6, 6.07) is 0.652. The van der Waals surface area contributed by atoms with E-state index in [9.17, 15) is 4.79 Å². The molecule has 1 aromatic rings. The molecule has 2 aliphatic rings. The Balaban J connectivity index is 1.43. The first-order chi connectivity index (χ1) is 10.3. The number of piperidine rings is 1. The van der Waals surface area contributed by atoms with Gasteiger partial charge in [-0.25, -0.2) is 9.78 Å². The Labute approximate surface area is 126 Å². The van der Waals surface area contributed by atoms with Crippen molar-refractivity contribution >= 4 is 6.03 Å². The number of nitrogens with one attached hydrogen (secondary N) is 1. The second kappa shape index (κ2) is 6.93. The quantitative estimate of drug-likeness (QED) is 0.905. The van der Waals surface area contributed by atoms with E-state index < -0.39 is 0 Å². The minimum atomic E-state index is 0.0824. The number of likely N-dealkylation sites (tertiary alicyclic amines) is 2. The summed E-state index contributed by atoms with van der Waals surface area (Å²) in [6.07, 6.45) is 10.4. The lowest BCUT2D eigenvalue weighted by atomic mass is 10.0. The summed E-state index contributed by atoms with van der Waals surface area (Å²) >= 11 is 0. The highest BCUT2D eigenvalue weighted by Gasteiger charge is 2.28. The van der Waals surface area contributed by atoms with E-state index >= 15 is 0 Å². The lowest BCUT2D eigenvalue weighted by Gasteiger charge is -2.37. The zero-order valence-corrected chi connectivity index (χ0v) is 12.6. The van der Waals surface area contributed by atoms with Crippen LogP contribution in [0.1, 0.15) is 25.7 Å². The maximum Gasteiger partial charge on any atom is 0.317 e. The van der Waals surface area contributed by atoms with Gasteiger partial charge in [0.1, 0.15) is 0 Å². The number of hydrogen-bond acceptors (Lipinski definition) is 3. The average Bonchev–Trinajstić information content (AvgIpc) is 3.21. The first-order valence-electron chi connectivity index (χ1n) is 8.05. The lowest BCUT2D eigenvalue weighted by molar-refractivity contribution is 0.125. The third kappa shape index (κ3) is 3.75. The van der Waals surface area contributed by atoms with Gasteiger partial charge in [-0.05, 0) is 38.8 Å². The van der Waals surface area contributed by atoms with Gasteiger partial charge in [0, 0.05) is 44.6 Å². The van der Waals surface area contributed by atoms with Crippen molar-refractivity contribution in [1.29, 1.82) is 0 Å². The molecule has 6 heteroatoms. The fourth-order valence-electron chi connectivity index (χ4n) is 3.37. The van der Waals surface area contributed by atoms with Gasteiger partial charge in [0.2, 0.25) is 0 Å². The second-order valence-corrected chi connectivity index (χ2v) is 6.02. The van der Waals surface area contributed by atoms with Gasteiger partial charge in [0.15, 0.2) is 0 Å². The standard InChI is InChI=1S/C15H25N5O/c21-15(17-6-11-18-10-5-16-13-18)20-9-3-4-14(12-20)19-7-1-2-8-19/h5,10,13-14H,1-4,6-9,11-12H2,(H,17,21)/t14-/m1/s1. The molecule has 0 spiro atoms. The summed E-state index contributed by atoms with van der Waals surface area (Å²) in [5.74, 6) is 0. The number of urea groups is 1. The zero-order valence-electron chi connectivity index (χ0n) is 12.6. The Morgan fingerprint density at radius 2 is 2.10 bits per heavy atom. The van der Waals surface area contributed by atoms with Crippen LogP contribution in [0.4, 0.5) is 4.79 Å². The van der Waals surface area contributed by atoms with Crippen LogP contribution in [0.15, 0.2) is 18.7 Å². The van der Waals surface area contributed by atoms with Gasteiger partial charge in [0.05, 0.1) is 6.33 Å². The van der Waals surface area contributed by atoms with Gasteiger partial charge in [-0.15, -0.1) is 0 Å². The number of imidazole rings is 1. The minimum Gasteiger partial charge on any atom is -0.336 e. The number of aromatic nitrogens is 2. The Morgan fingerprint density at radius 1 is 1.24 bits per heavy atom. The summed E-state index contributed by atoms with van der Waals surface area (Å²) in [6.45, 7) is 5.62. The molecule has 2 saturated heterocycles. The third-order valence-corrected chi connectivity index (χ3v) is 4.55. The van der Waals surface area contributed by atoms with E-state index in [1.807, 2.05) is 15.7 Å². The maximum absolute atomic E-state index is 12.3. The van der Waals surface area contributed by atoms with Crippen molar-refractivity contribution in [3.63, 3.8) is 0 Å². The number of amides is 2. The van der Waals surface area contributed by atoms with Crippen LogP contribution in [0.25, 0.3) is 0 Å². The number of hydrogen-bond donors (Lipinski definition) is 1. The van der Waals surface area contributed by atoms with Gasteiger partial charge < -0.3 is 14.8 Å². The van der Waals surface area contributed by atoms with Crippen molar-refractivity contribution in [2.24, 2.45) is 0 Å². The van der Waals surface area contributed by atoms with Crippen LogP contribution < -0.4 is 5.32 Å². The monoisotopic (exact) mass is 291 g/mol. The van der Waals surface area contributed by atoms with Gasteiger partial charge in [-0.3, -0.25) is 4.90 Å². The summed E-state index contributed by atoms with van der Waals surface area (Å²) in [7, 11) is 0. The molecular formula is C15H25N5O. The molecule has 3 rings (SSSR count). The van der Waals surface area contributed by atoms with Gasteiger partial charge >= 0.3 is 6.03 Å². The summed E-state index contributed by atoms with van der Waals surface area (Å²) in [4.78, 5) is 20.8. The van der Waals surface area contributed by atoms with Gasteiger partial charge in [-0.1, -0.05) is 0 Å². The van der Waals surface area contributed by atoms with Crippen LogP contribution in [0.3, 0.4) is 0 Å². The van der Waals surface area contributed by atoms with Crippen molar-refractivity contribution in [2.75, 3.05) is 32.7 Å². The predicted molar refractivity (Wildman–Crippen MR) is 81.0 cm³/mol. The van der Waals surface area contributed by atoms with Crippen molar-refractivity contribution in [1.82, 2.24) is 24.7 Å². The SMILES string of the molecule is O=C(NCCn1ccnc1)N1CCC[C@@H](N2CCCC2)C1. The smallest absolute Gasteiger partial charge is 0.317 e. The summed E-state index contributed by atoms with van der Waals surface area (Å²) < 4.78 is 1.98. The topological polar surface area (TPSA) is 53.4 Å². The molecule has 0 saturated carbocycles. The fourth-order valence-corrected chi connectivity index (χ4v) is 3.37. The van der Waals surface area contributed by atoms with E-state index in [4.69, 9.17) is 0 Å². The Kier molecular flexibility index (Phi) is 4.75. The lowest BCUT2D eigenvalue weighted by Crippen LogP contribution is -2.52. The van der Waals surface area contributed by atoms with Crippen molar-refractivity contribution in [3.05, 3.63) is 18.7 Å². The highest BCUT2D eigenvalue weighted by Crippen LogP contribution is 2.20. The third-order valence-electron chi connectivity index (χ3n) is 4.55.